The van der Waals surface area contributed by atoms with E-state index in [1.165, 1.54) is 146 Å². The summed E-state index contributed by atoms with van der Waals surface area (Å²) in [6.07, 6.45) is 43.0. The topological polar surface area (TPSA) is 37.4 Å². The SMILES string of the molecule is CCCCCCCCC=CCCCCCCCC(=O)N(C)C(=O)CCCCCCCC=CCCCCCCCC.I. The number of imide groups is 1. The molecule has 0 aliphatic heterocycles. The van der Waals surface area contributed by atoms with Gasteiger partial charge in [-0.25, -0.2) is 0 Å². The first-order chi connectivity index (χ1) is 19.6. The van der Waals surface area contributed by atoms with Crippen molar-refractivity contribution in [3.8, 4) is 0 Å². The number of nitrogens with zero attached hydrogens (tertiary/aromatic N) is 1. The highest BCUT2D eigenvalue weighted by Gasteiger charge is 2.15. The monoisotopic (exact) mass is 687 g/mol. The van der Waals surface area contributed by atoms with Crippen LogP contribution < -0.4 is 0 Å². The second-order valence-electron chi connectivity index (χ2n) is 12.0. The lowest BCUT2D eigenvalue weighted by molar-refractivity contribution is -0.143. The Morgan fingerprint density at radius 3 is 0.951 bits per heavy atom. The molecule has 0 aliphatic carbocycles. The number of amides is 2. The number of carbonyl (C=O) groups excluding carboxylic acids is 2. The molecule has 0 atom stereocenters. The first kappa shape index (κ1) is 42.5. The van der Waals surface area contributed by atoms with Gasteiger partial charge in [-0.2, -0.15) is 0 Å². The molecule has 0 radical (unpaired) electrons. The number of unbranched alkanes of at least 4 members (excludes halogenated alkanes) is 22. The summed E-state index contributed by atoms with van der Waals surface area (Å²) in [6, 6.07) is 0. The fourth-order valence-electron chi connectivity index (χ4n) is 5.17. The first-order valence-corrected chi connectivity index (χ1v) is 17.7. The Morgan fingerprint density at radius 2 is 0.659 bits per heavy atom. The van der Waals surface area contributed by atoms with E-state index in [2.05, 4.69) is 38.2 Å². The maximum atomic E-state index is 12.4. The Labute approximate surface area is 274 Å². The van der Waals surface area contributed by atoms with Gasteiger partial charge in [0.1, 0.15) is 0 Å². The number of allylic oxidation sites excluding steroid dienone is 4. The summed E-state index contributed by atoms with van der Waals surface area (Å²) in [5.41, 5.74) is 0. The smallest absolute Gasteiger partial charge is 0.228 e. The standard InChI is InChI=1S/C37H69NO2.HI/c1-4-6-8-10-12-14-16-18-20-22-24-26-28-30-32-34-36(39)38(3)37(40)35-33-31-29-27-25-23-21-19-17-15-13-11-9-7-5-2;/h18-21H,4-17,22-35H2,1-3H3;1H. The predicted molar refractivity (Wildman–Crippen MR) is 192 cm³/mol. The van der Waals surface area contributed by atoms with Crippen molar-refractivity contribution in [2.75, 3.05) is 7.05 Å². The maximum absolute atomic E-state index is 12.4. The Kier molecular flexibility index (Phi) is 36.8. The van der Waals surface area contributed by atoms with Gasteiger partial charge in [0.05, 0.1) is 0 Å². The van der Waals surface area contributed by atoms with Gasteiger partial charge in [0.25, 0.3) is 0 Å². The Bertz CT molecular complexity index is 564. The third-order valence-corrected chi connectivity index (χ3v) is 8.05. The molecule has 2 amide bonds. The third kappa shape index (κ3) is 32.1. The highest BCUT2D eigenvalue weighted by atomic mass is 127. The fourth-order valence-corrected chi connectivity index (χ4v) is 5.17. The summed E-state index contributed by atoms with van der Waals surface area (Å²) in [5.74, 6) is -0.00857. The number of hydrogen-bond donors (Lipinski definition) is 0. The third-order valence-electron chi connectivity index (χ3n) is 8.05. The fraction of sp³-hybridized carbons (Fsp3) is 0.838. The Balaban J connectivity index is 0. The lowest BCUT2D eigenvalue weighted by Crippen LogP contribution is -2.32. The van der Waals surface area contributed by atoms with E-state index in [4.69, 9.17) is 0 Å². The van der Waals surface area contributed by atoms with Crippen molar-refractivity contribution < 1.29 is 9.59 Å². The molecule has 0 unspecified atom stereocenters. The van der Waals surface area contributed by atoms with Gasteiger partial charge in [-0.1, -0.05) is 141 Å². The van der Waals surface area contributed by atoms with Crippen molar-refractivity contribution >= 4 is 35.8 Å². The van der Waals surface area contributed by atoms with Crippen LogP contribution in [0.5, 0.6) is 0 Å². The highest BCUT2D eigenvalue weighted by Crippen LogP contribution is 2.13. The van der Waals surface area contributed by atoms with Crippen LogP contribution >= 0.6 is 24.0 Å². The van der Waals surface area contributed by atoms with Crippen LogP contribution in [-0.4, -0.2) is 23.8 Å². The zero-order valence-electron chi connectivity index (χ0n) is 27.8. The molecule has 0 aromatic carbocycles. The van der Waals surface area contributed by atoms with Crippen LogP contribution in [-0.2, 0) is 9.59 Å². The average molecular weight is 688 g/mol. The van der Waals surface area contributed by atoms with Crippen molar-refractivity contribution in [2.24, 2.45) is 0 Å². The summed E-state index contributed by atoms with van der Waals surface area (Å²) in [7, 11) is 1.67. The molecule has 0 aromatic rings. The average Bonchev–Trinajstić information content (AvgIpc) is 2.96. The van der Waals surface area contributed by atoms with Gasteiger partial charge < -0.3 is 0 Å². The summed E-state index contributed by atoms with van der Waals surface area (Å²) < 4.78 is 0. The molecule has 41 heavy (non-hydrogen) atoms. The minimum absolute atomic E-state index is 0. The zero-order chi connectivity index (χ0) is 29.4. The van der Waals surface area contributed by atoms with Gasteiger partial charge in [0.2, 0.25) is 11.8 Å². The molecule has 0 rings (SSSR count). The zero-order valence-corrected chi connectivity index (χ0v) is 30.1. The predicted octanol–water partition coefficient (Wildman–Crippen LogP) is 12.7. The summed E-state index contributed by atoms with van der Waals surface area (Å²) in [6.45, 7) is 4.54. The number of rotatable bonds is 30. The number of hydrogen-bond acceptors (Lipinski definition) is 2. The van der Waals surface area contributed by atoms with E-state index in [0.717, 1.165) is 25.7 Å². The molecule has 3 nitrogen and oxygen atoms in total. The molecular weight excluding hydrogens is 617 g/mol. The van der Waals surface area contributed by atoms with Gasteiger partial charge in [0.15, 0.2) is 0 Å². The summed E-state index contributed by atoms with van der Waals surface area (Å²) >= 11 is 0. The van der Waals surface area contributed by atoms with Gasteiger partial charge >= 0.3 is 0 Å². The van der Waals surface area contributed by atoms with Crippen molar-refractivity contribution in [3.63, 3.8) is 0 Å². The van der Waals surface area contributed by atoms with Crippen LogP contribution in [0, 0.1) is 0 Å². The van der Waals surface area contributed by atoms with E-state index in [9.17, 15) is 9.59 Å². The highest BCUT2D eigenvalue weighted by molar-refractivity contribution is 14.0. The van der Waals surface area contributed by atoms with Gasteiger partial charge in [0, 0.05) is 19.9 Å². The van der Waals surface area contributed by atoms with E-state index in [0.29, 0.717) is 12.8 Å². The van der Waals surface area contributed by atoms with Crippen LogP contribution in [0.2, 0.25) is 0 Å². The van der Waals surface area contributed by atoms with Gasteiger partial charge in [-0.15, -0.1) is 24.0 Å². The van der Waals surface area contributed by atoms with E-state index in [1.807, 2.05) is 0 Å². The summed E-state index contributed by atoms with van der Waals surface area (Å²) in [5, 5.41) is 0. The normalized spacial score (nSPS) is 11.4. The van der Waals surface area contributed by atoms with E-state index in [1.54, 1.807) is 7.05 Å². The van der Waals surface area contributed by atoms with Crippen LogP contribution in [0.25, 0.3) is 0 Å². The van der Waals surface area contributed by atoms with Crippen LogP contribution in [0.15, 0.2) is 24.3 Å². The number of halogens is 1. The molecule has 4 heteroatoms. The largest absolute Gasteiger partial charge is 0.286 e. The van der Waals surface area contributed by atoms with Crippen molar-refractivity contribution in [2.45, 2.75) is 194 Å². The molecule has 0 aromatic heterocycles. The van der Waals surface area contributed by atoms with E-state index >= 15 is 0 Å². The molecule has 0 bridgehead atoms. The minimum Gasteiger partial charge on any atom is -0.286 e. The van der Waals surface area contributed by atoms with Gasteiger partial charge in [-0.05, 0) is 64.2 Å². The van der Waals surface area contributed by atoms with Crippen molar-refractivity contribution in [1.29, 1.82) is 0 Å². The van der Waals surface area contributed by atoms with Crippen LogP contribution in [0.1, 0.15) is 194 Å². The molecule has 0 aliphatic rings. The second kappa shape index (κ2) is 35.5. The molecule has 242 valence electrons. The minimum atomic E-state index is -0.00428. The van der Waals surface area contributed by atoms with Gasteiger partial charge in [-0.3, -0.25) is 14.5 Å². The van der Waals surface area contributed by atoms with E-state index in [-0.39, 0.29) is 35.8 Å². The maximum Gasteiger partial charge on any atom is 0.228 e. The Hall–Kier alpha value is -0.650. The summed E-state index contributed by atoms with van der Waals surface area (Å²) in [4.78, 5) is 26.1. The van der Waals surface area contributed by atoms with Crippen LogP contribution in [0.3, 0.4) is 0 Å². The quantitative estimate of drug-likeness (QED) is 0.0428. The molecule has 0 N–H and O–H groups in total. The molecule has 0 spiro atoms. The lowest BCUT2D eigenvalue weighted by Gasteiger charge is -2.15. The lowest BCUT2D eigenvalue weighted by atomic mass is 10.1. The second-order valence-corrected chi connectivity index (χ2v) is 12.0. The molecular formula is C37H70INO2. The van der Waals surface area contributed by atoms with Crippen LogP contribution in [0.4, 0.5) is 0 Å². The first-order valence-electron chi connectivity index (χ1n) is 17.7. The van der Waals surface area contributed by atoms with Crippen molar-refractivity contribution in [1.82, 2.24) is 4.90 Å². The number of carbonyl (C=O) groups is 2. The molecule has 0 saturated carbocycles. The molecule has 0 fully saturated rings. The molecule has 0 saturated heterocycles. The van der Waals surface area contributed by atoms with E-state index < -0.39 is 0 Å². The molecule has 0 heterocycles. The Morgan fingerprint density at radius 1 is 0.415 bits per heavy atom. The van der Waals surface area contributed by atoms with Crippen molar-refractivity contribution in [3.05, 3.63) is 24.3 Å².